The maximum Gasteiger partial charge on any atom is 0.220 e. The van der Waals surface area contributed by atoms with Crippen molar-refractivity contribution in [2.24, 2.45) is 0 Å². The van der Waals surface area contributed by atoms with E-state index >= 15 is 0 Å². The molecule has 4 heteroatoms. The van der Waals surface area contributed by atoms with E-state index in [1.54, 1.807) is 19.4 Å². The first kappa shape index (κ1) is 15.2. The molecule has 0 aliphatic heterocycles. The Morgan fingerprint density at radius 2 is 1.91 bits per heavy atom. The van der Waals surface area contributed by atoms with E-state index in [2.05, 4.69) is 41.5 Å². The Kier molecular flexibility index (Phi) is 4.33. The lowest BCUT2D eigenvalue weighted by molar-refractivity contribution is -0.120. The van der Waals surface area contributed by atoms with Crippen molar-refractivity contribution in [2.45, 2.75) is 19.8 Å². The molecule has 1 aromatic carbocycles. The molecule has 0 radical (unpaired) electrons. The molecule has 0 fully saturated rings. The molecule has 0 saturated carbocycles. The highest BCUT2D eigenvalue weighted by atomic mass is 16.1. The van der Waals surface area contributed by atoms with Crippen molar-refractivity contribution < 1.29 is 4.79 Å². The van der Waals surface area contributed by atoms with Gasteiger partial charge in [-0.15, -0.1) is 0 Å². The molecule has 3 aromatic rings. The second-order valence-corrected chi connectivity index (χ2v) is 5.58. The van der Waals surface area contributed by atoms with Crippen LogP contribution in [0.2, 0.25) is 0 Å². The van der Waals surface area contributed by atoms with E-state index in [0.29, 0.717) is 6.42 Å². The molecule has 2 heterocycles. The van der Waals surface area contributed by atoms with Crippen LogP contribution in [0.25, 0.3) is 22.2 Å². The number of benzene rings is 1. The van der Waals surface area contributed by atoms with Crippen LogP contribution in [-0.4, -0.2) is 22.9 Å². The molecule has 1 amide bonds. The minimum Gasteiger partial charge on any atom is -0.359 e. The summed E-state index contributed by atoms with van der Waals surface area (Å²) >= 11 is 0. The molecule has 23 heavy (non-hydrogen) atoms. The minimum atomic E-state index is 0.0553. The van der Waals surface area contributed by atoms with Crippen LogP contribution in [0.5, 0.6) is 0 Å². The number of rotatable bonds is 4. The number of fused-ring (bicyclic) bond motifs is 1. The summed E-state index contributed by atoms with van der Waals surface area (Å²) in [4.78, 5) is 20.2. The summed E-state index contributed by atoms with van der Waals surface area (Å²) in [5.74, 6) is 0.0553. The normalized spacial score (nSPS) is 10.7. The van der Waals surface area contributed by atoms with Crippen molar-refractivity contribution in [3.05, 3.63) is 59.9 Å². The van der Waals surface area contributed by atoms with Gasteiger partial charge in [0.25, 0.3) is 0 Å². The van der Waals surface area contributed by atoms with E-state index in [1.807, 2.05) is 12.1 Å². The number of amides is 1. The van der Waals surface area contributed by atoms with Crippen LogP contribution in [0.1, 0.15) is 17.5 Å². The van der Waals surface area contributed by atoms with E-state index in [9.17, 15) is 4.79 Å². The number of nitrogens with zero attached hydrogens (tertiary/aromatic N) is 2. The van der Waals surface area contributed by atoms with Crippen molar-refractivity contribution in [2.75, 3.05) is 7.05 Å². The largest absolute Gasteiger partial charge is 0.359 e. The fourth-order valence-corrected chi connectivity index (χ4v) is 2.66. The molecule has 0 atom stereocenters. The average molecular weight is 305 g/mol. The molecule has 116 valence electrons. The van der Waals surface area contributed by atoms with Gasteiger partial charge in [-0.3, -0.25) is 9.78 Å². The number of hydrogen-bond acceptors (Lipinski definition) is 3. The lowest BCUT2D eigenvalue weighted by atomic mass is 10.0. The summed E-state index contributed by atoms with van der Waals surface area (Å²) < 4.78 is 0. The number of nitrogens with one attached hydrogen (secondary N) is 1. The van der Waals surface area contributed by atoms with Crippen molar-refractivity contribution in [3.8, 4) is 11.3 Å². The van der Waals surface area contributed by atoms with Crippen LogP contribution in [-0.2, 0) is 11.2 Å². The first-order valence-corrected chi connectivity index (χ1v) is 7.68. The maximum atomic E-state index is 11.4. The van der Waals surface area contributed by atoms with E-state index in [4.69, 9.17) is 4.98 Å². The van der Waals surface area contributed by atoms with Crippen LogP contribution < -0.4 is 5.32 Å². The third kappa shape index (κ3) is 3.37. The lowest BCUT2D eigenvalue weighted by Crippen LogP contribution is -2.17. The summed E-state index contributed by atoms with van der Waals surface area (Å²) in [6.45, 7) is 2.10. The topological polar surface area (TPSA) is 54.9 Å². The molecule has 0 bridgehead atoms. The molecule has 1 N–H and O–H groups in total. The number of aromatic nitrogens is 2. The van der Waals surface area contributed by atoms with Crippen molar-refractivity contribution in [1.29, 1.82) is 0 Å². The number of aryl methyl sites for hydroxylation is 2. The van der Waals surface area contributed by atoms with Crippen LogP contribution in [0, 0.1) is 6.92 Å². The van der Waals surface area contributed by atoms with Gasteiger partial charge in [-0.05, 0) is 48.7 Å². The molecule has 0 aliphatic carbocycles. The predicted octanol–water partition coefficient (Wildman–Crippen LogP) is 3.28. The molecule has 3 rings (SSSR count). The van der Waals surface area contributed by atoms with E-state index in [-0.39, 0.29) is 5.91 Å². The highest BCUT2D eigenvalue weighted by Gasteiger charge is 2.07. The smallest absolute Gasteiger partial charge is 0.220 e. The van der Waals surface area contributed by atoms with Gasteiger partial charge < -0.3 is 5.32 Å². The van der Waals surface area contributed by atoms with Gasteiger partial charge in [0.2, 0.25) is 5.91 Å². The first-order chi connectivity index (χ1) is 11.2. The Balaban J connectivity index is 1.98. The Labute approximate surface area is 135 Å². The predicted molar refractivity (Wildman–Crippen MR) is 92.1 cm³/mol. The fourth-order valence-electron chi connectivity index (χ4n) is 2.66. The van der Waals surface area contributed by atoms with Gasteiger partial charge >= 0.3 is 0 Å². The highest BCUT2D eigenvalue weighted by molar-refractivity contribution is 5.85. The zero-order chi connectivity index (χ0) is 16.2. The Morgan fingerprint density at radius 3 is 2.65 bits per heavy atom. The zero-order valence-electron chi connectivity index (χ0n) is 13.3. The molecule has 0 saturated heterocycles. The van der Waals surface area contributed by atoms with Crippen LogP contribution in [0.3, 0.4) is 0 Å². The summed E-state index contributed by atoms with van der Waals surface area (Å²) in [6.07, 6.45) is 4.76. The van der Waals surface area contributed by atoms with Gasteiger partial charge in [-0.2, -0.15) is 0 Å². The maximum absolute atomic E-state index is 11.4. The molecule has 0 aliphatic rings. The van der Waals surface area contributed by atoms with Crippen molar-refractivity contribution in [1.82, 2.24) is 15.3 Å². The Bertz CT molecular complexity index is 844. The van der Waals surface area contributed by atoms with Gasteiger partial charge in [-0.1, -0.05) is 12.1 Å². The molecular formula is C19H19N3O. The zero-order valence-corrected chi connectivity index (χ0v) is 13.3. The Morgan fingerprint density at radius 1 is 1.13 bits per heavy atom. The first-order valence-electron chi connectivity index (χ1n) is 7.68. The van der Waals surface area contributed by atoms with E-state index in [0.717, 1.165) is 34.1 Å². The third-order valence-electron chi connectivity index (χ3n) is 3.98. The highest BCUT2D eigenvalue weighted by Crippen LogP contribution is 2.25. The number of carbonyl (C=O) groups is 1. The van der Waals surface area contributed by atoms with Gasteiger partial charge in [0.1, 0.15) is 0 Å². The van der Waals surface area contributed by atoms with E-state index < -0.39 is 0 Å². The number of hydrogen-bond donors (Lipinski definition) is 1. The van der Waals surface area contributed by atoms with Crippen LogP contribution in [0.4, 0.5) is 0 Å². The fraction of sp³-hybridized carbons (Fsp3) is 0.211. The van der Waals surface area contributed by atoms with Crippen molar-refractivity contribution in [3.63, 3.8) is 0 Å². The van der Waals surface area contributed by atoms with E-state index in [1.165, 1.54) is 5.56 Å². The molecular weight excluding hydrogens is 286 g/mol. The number of pyridine rings is 2. The SMILES string of the molecule is CNC(=O)CCc1ccc2c(C)cc(-c3ccncc3)nc2c1. The molecule has 0 spiro atoms. The van der Waals surface area contributed by atoms with Gasteiger partial charge in [0, 0.05) is 36.8 Å². The average Bonchev–Trinajstić information content (AvgIpc) is 2.60. The third-order valence-corrected chi connectivity index (χ3v) is 3.98. The quantitative estimate of drug-likeness (QED) is 0.805. The van der Waals surface area contributed by atoms with Gasteiger partial charge in [0.05, 0.1) is 11.2 Å². The van der Waals surface area contributed by atoms with Gasteiger partial charge in [0.15, 0.2) is 0 Å². The molecule has 4 nitrogen and oxygen atoms in total. The van der Waals surface area contributed by atoms with Crippen molar-refractivity contribution >= 4 is 16.8 Å². The molecule has 0 unspecified atom stereocenters. The second-order valence-electron chi connectivity index (χ2n) is 5.58. The minimum absolute atomic E-state index is 0.0553. The van der Waals surface area contributed by atoms with Gasteiger partial charge in [-0.25, -0.2) is 4.98 Å². The van der Waals surface area contributed by atoms with Crippen LogP contribution >= 0.6 is 0 Å². The second kappa shape index (κ2) is 6.57. The summed E-state index contributed by atoms with van der Waals surface area (Å²) in [5.41, 5.74) is 5.28. The summed E-state index contributed by atoms with van der Waals surface area (Å²) in [5, 5.41) is 3.80. The Hall–Kier alpha value is -2.75. The standard InChI is InChI=1S/C19H19N3O/c1-13-11-17(15-7-9-21-10-8-15)22-18-12-14(3-5-16(13)18)4-6-19(23)20-2/h3,5,7-12H,4,6H2,1-2H3,(H,20,23). The summed E-state index contributed by atoms with van der Waals surface area (Å²) in [7, 11) is 1.66. The van der Waals surface area contributed by atoms with Crippen LogP contribution in [0.15, 0.2) is 48.8 Å². The summed E-state index contributed by atoms with van der Waals surface area (Å²) in [6, 6.07) is 12.3. The lowest BCUT2D eigenvalue weighted by Gasteiger charge is -2.08. The molecule has 2 aromatic heterocycles. The number of carbonyl (C=O) groups excluding carboxylic acids is 1. The monoisotopic (exact) mass is 305 g/mol.